The topological polar surface area (TPSA) is 32.3 Å². The van der Waals surface area contributed by atoms with Crippen molar-refractivity contribution in [2.24, 2.45) is 5.92 Å². The average molecular weight is 290 g/mol. The molecule has 1 atom stereocenters. The number of hydrogen-bond acceptors (Lipinski definition) is 2. The lowest BCUT2D eigenvalue weighted by Gasteiger charge is -2.17. The lowest BCUT2D eigenvalue weighted by Crippen LogP contribution is -2.22. The molecule has 2 N–H and O–H groups in total. The molecule has 2 nitrogen and oxygen atoms in total. The Bertz CT molecular complexity index is 556. The molecule has 0 aliphatic rings. The Kier molecular flexibility index (Phi) is 5.45. The van der Waals surface area contributed by atoms with E-state index < -0.39 is 0 Å². The Morgan fingerprint density at radius 2 is 1.90 bits per heavy atom. The first-order valence-corrected chi connectivity index (χ1v) is 7.22. The van der Waals surface area contributed by atoms with E-state index >= 15 is 0 Å². The van der Waals surface area contributed by atoms with Crippen LogP contribution < -0.4 is 5.32 Å². The molecule has 0 aliphatic carbocycles. The number of phenolic OH excluding ortho intramolecular Hbond substituents is 1. The van der Waals surface area contributed by atoms with Gasteiger partial charge in [0.05, 0.1) is 0 Å². The van der Waals surface area contributed by atoms with E-state index in [1.807, 2.05) is 37.4 Å². The second kappa shape index (κ2) is 7.32. The molecule has 0 fully saturated rings. The second-order valence-corrected chi connectivity index (χ2v) is 5.50. The zero-order valence-electron chi connectivity index (χ0n) is 11.6. The summed E-state index contributed by atoms with van der Waals surface area (Å²) in [6, 6.07) is 15.4. The summed E-state index contributed by atoms with van der Waals surface area (Å²) >= 11 is 6.24. The van der Waals surface area contributed by atoms with Crippen molar-refractivity contribution in [2.75, 3.05) is 13.6 Å². The Hall–Kier alpha value is -1.51. The highest BCUT2D eigenvalue weighted by molar-refractivity contribution is 6.31. The summed E-state index contributed by atoms with van der Waals surface area (Å²) in [5, 5.41) is 13.6. The van der Waals surface area contributed by atoms with E-state index in [9.17, 15) is 5.11 Å². The van der Waals surface area contributed by atoms with Crippen LogP contribution in [0.5, 0.6) is 5.75 Å². The van der Waals surface area contributed by atoms with Gasteiger partial charge in [0.25, 0.3) is 0 Å². The molecule has 3 heteroatoms. The molecule has 0 aromatic heterocycles. The van der Waals surface area contributed by atoms with Gasteiger partial charge in [-0.25, -0.2) is 0 Å². The van der Waals surface area contributed by atoms with E-state index in [2.05, 4.69) is 17.4 Å². The first kappa shape index (κ1) is 14.9. The molecule has 0 amide bonds. The van der Waals surface area contributed by atoms with Crippen LogP contribution in [0, 0.1) is 5.92 Å². The number of aromatic hydroxyl groups is 1. The molecule has 0 saturated heterocycles. The van der Waals surface area contributed by atoms with E-state index in [4.69, 9.17) is 11.6 Å². The Morgan fingerprint density at radius 3 is 2.60 bits per heavy atom. The van der Waals surface area contributed by atoms with Crippen LogP contribution in [-0.4, -0.2) is 18.7 Å². The van der Waals surface area contributed by atoms with Crippen molar-refractivity contribution in [1.29, 1.82) is 0 Å². The minimum absolute atomic E-state index is 0.323. The van der Waals surface area contributed by atoms with Gasteiger partial charge in [0.15, 0.2) is 0 Å². The van der Waals surface area contributed by atoms with E-state index in [1.54, 1.807) is 6.07 Å². The second-order valence-electron chi connectivity index (χ2n) is 5.09. The number of nitrogens with one attached hydrogen (secondary N) is 1. The first-order chi connectivity index (χ1) is 9.69. The van der Waals surface area contributed by atoms with Crippen molar-refractivity contribution in [3.8, 4) is 5.75 Å². The number of rotatable bonds is 6. The number of hydrogen-bond donors (Lipinski definition) is 2. The molecule has 2 aromatic rings. The lowest BCUT2D eigenvalue weighted by molar-refractivity contribution is 0.469. The van der Waals surface area contributed by atoms with Gasteiger partial charge in [0, 0.05) is 5.02 Å². The number of halogens is 1. The first-order valence-electron chi connectivity index (χ1n) is 6.85. The SMILES string of the molecule is CNCC(Cc1cccc(O)c1)Cc1ccccc1Cl. The summed E-state index contributed by atoms with van der Waals surface area (Å²) in [6.45, 7) is 0.918. The molecule has 0 radical (unpaired) electrons. The van der Waals surface area contributed by atoms with Crippen LogP contribution >= 0.6 is 11.6 Å². The quantitative estimate of drug-likeness (QED) is 0.850. The predicted octanol–water partition coefficient (Wildman–Crippen LogP) is 3.67. The highest BCUT2D eigenvalue weighted by Crippen LogP contribution is 2.22. The minimum Gasteiger partial charge on any atom is -0.508 e. The van der Waals surface area contributed by atoms with Crippen molar-refractivity contribution in [3.63, 3.8) is 0 Å². The Morgan fingerprint density at radius 1 is 1.10 bits per heavy atom. The highest BCUT2D eigenvalue weighted by Gasteiger charge is 2.12. The van der Waals surface area contributed by atoms with Crippen molar-refractivity contribution >= 4 is 11.6 Å². The molecule has 106 valence electrons. The summed E-state index contributed by atoms with van der Waals surface area (Å²) in [4.78, 5) is 0. The van der Waals surface area contributed by atoms with Crippen molar-refractivity contribution in [3.05, 3.63) is 64.7 Å². The van der Waals surface area contributed by atoms with E-state index in [0.29, 0.717) is 11.7 Å². The van der Waals surface area contributed by atoms with Gasteiger partial charge in [-0.1, -0.05) is 41.9 Å². The summed E-state index contributed by atoms with van der Waals surface area (Å²) in [7, 11) is 1.96. The van der Waals surface area contributed by atoms with Gasteiger partial charge >= 0.3 is 0 Å². The maximum atomic E-state index is 9.55. The largest absolute Gasteiger partial charge is 0.508 e. The maximum absolute atomic E-state index is 9.55. The molecule has 1 unspecified atom stereocenters. The zero-order chi connectivity index (χ0) is 14.4. The van der Waals surface area contributed by atoms with Crippen molar-refractivity contribution < 1.29 is 5.11 Å². The summed E-state index contributed by atoms with van der Waals surface area (Å²) in [5.74, 6) is 0.769. The van der Waals surface area contributed by atoms with Crippen LogP contribution in [-0.2, 0) is 12.8 Å². The van der Waals surface area contributed by atoms with Crippen LogP contribution in [0.25, 0.3) is 0 Å². The van der Waals surface area contributed by atoms with Gasteiger partial charge in [-0.3, -0.25) is 0 Å². The fraction of sp³-hybridized carbons (Fsp3) is 0.294. The van der Waals surface area contributed by atoms with Gasteiger partial charge < -0.3 is 10.4 Å². The normalized spacial score (nSPS) is 12.3. The summed E-state index contributed by atoms with van der Waals surface area (Å²) in [5.41, 5.74) is 2.33. The van der Waals surface area contributed by atoms with E-state index in [-0.39, 0.29) is 0 Å². The smallest absolute Gasteiger partial charge is 0.115 e. The van der Waals surface area contributed by atoms with E-state index in [1.165, 1.54) is 5.56 Å². The van der Waals surface area contributed by atoms with Gasteiger partial charge in [0.2, 0.25) is 0 Å². The lowest BCUT2D eigenvalue weighted by atomic mass is 9.92. The summed E-state index contributed by atoms with van der Waals surface area (Å²) in [6.07, 6.45) is 1.84. The molecular formula is C17H20ClNO. The standard InChI is InChI=1S/C17H20ClNO/c1-19-12-14(9-13-5-4-7-16(20)11-13)10-15-6-2-3-8-17(15)18/h2-8,11,14,19-20H,9-10,12H2,1H3. The number of benzene rings is 2. The van der Waals surface area contributed by atoms with Crippen LogP contribution in [0.3, 0.4) is 0 Å². The van der Waals surface area contributed by atoms with Gasteiger partial charge in [-0.15, -0.1) is 0 Å². The summed E-state index contributed by atoms with van der Waals surface area (Å²) < 4.78 is 0. The van der Waals surface area contributed by atoms with Gasteiger partial charge in [-0.2, -0.15) is 0 Å². The zero-order valence-corrected chi connectivity index (χ0v) is 12.4. The van der Waals surface area contributed by atoms with Crippen LogP contribution in [0.4, 0.5) is 0 Å². The Labute approximate surface area is 125 Å². The van der Waals surface area contributed by atoms with Gasteiger partial charge in [0.1, 0.15) is 5.75 Å². The third-order valence-corrected chi connectivity index (χ3v) is 3.76. The predicted molar refractivity (Wildman–Crippen MR) is 84.4 cm³/mol. The maximum Gasteiger partial charge on any atom is 0.115 e. The molecule has 2 rings (SSSR count). The van der Waals surface area contributed by atoms with Crippen molar-refractivity contribution in [2.45, 2.75) is 12.8 Å². The third-order valence-electron chi connectivity index (χ3n) is 3.39. The molecule has 20 heavy (non-hydrogen) atoms. The fourth-order valence-corrected chi connectivity index (χ4v) is 2.71. The molecule has 0 aliphatic heterocycles. The Balaban J connectivity index is 2.09. The van der Waals surface area contributed by atoms with E-state index in [0.717, 1.165) is 30.0 Å². The number of phenols is 1. The van der Waals surface area contributed by atoms with Gasteiger partial charge in [-0.05, 0) is 61.7 Å². The molecule has 0 spiro atoms. The fourth-order valence-electron chi connectivity index (χ4n) is 2.50. The average Bonchev–Trinajstić information content (AvgIpc) is 2.42. The molecular weight excluding hydrogens is 270 g/mol. The van der Waals surface area contributed by atoms with Crippen LogP contribution in [0.15, 0.2) is 48.5 Å². The highest BCUT2D eigenvalue weighted by atomic mass is 35.5. The molecule has 2 aromatic carbocycles. The van der Waals surface area contributed by atoms with Crippen LogP contribution in [0.2, 0.25) is 5.02 Å². The monoisotopic (exact) mass is 289 g/mol. The molecule has 0 bridgehead atoms. The molecule has 0 heterocycles. The van der Waals surface area contributed by atoms with Crippen LogP contribution in [0.1, 0.15) is 11.1 Å². The van der Waals surface area contributed by atoms with Crippen molar-refractivity contribution in [1.82, 2.24) is 5.32 Å². The molecule has 0 saturated carbocycles. The third kappa shape index (κ3) is 4.26. The minimum atomic E-state index is 0.323.